The lowest BCUT2D eigenvalue weighted by Crippen LogP contribution is -2.36. The van der Waals surface area contributed by atoms with Crippen molar-refractivity contribution in [1.29, 1.82) is 0 Å². The largest absolute Gasteiger partial charge is 0.341 e. The number of nitrogens with zero attached hydrogens (tertiary/aromatic N) is 6. The minimum Gasteiger partial charge on any atom is -0.341 e. The third kappa shape index (κ3) is 3.81. The first kappa shape index (κ1) is 17.0. The van der Waals surface area contributed by atoms with Crippen LogP contribution < -0.4 is 0 Å². The van der Waals surface area contributed by atoms with Crippen molar-refractivity contribution in [3.63, 3.8) is 0 Å². The molecule has 0 aliphatic carbocycles. The summed E-state index contributed by atoms with van der Waals surface area (Å²) in [5, 5.41) is 4.07. The summed E-state index contributed by atoms with van der Waals surface area (Å²) in [7, 11) is 2.14. The predicted molar refractivity (Wildman–Crippen MR) is 92.6 cm³/mol. The number of hydrogen-bond donors (Lipinski definition) is 0. The van der Waals surface area contributed by atoms with Crippen LogP contribution in [0.4, 0.5) is 0 Å². The van der Waals surface area contributed by atoms with Crippen LogP contribution in [0.5, 0.6) is 0 Å². The normalized spacial score (nSPS) is 19.2. The van der Waals surface area contributed by atoms with E-state index < -0.39 is 0 Å². The Labute approximate surface area is 146 Å². The highest BCUT2D eigenvalue weighted by molar-refractivity contribution is 7.09. The molecule has 1 fully saturated rings. The second-order valence-electron chi connectivity index (χ2n) is 6.55. The van der Waals surface area contributed by atoms with Crippen LogP contribution >= 0.6 is 11.3 Å². The molecule has 2 aromatic rings. The molecule has 130 valence electrons. The summed E-state index contributed by atoms with van der Waals surface area (Å²) in [6.07, 6.45) is 4.12. The first-order chi connectivity index (χ1) is 11.5. The highest BCUT2D eigenvalue weighted by atomic mass is 32.1. The first-order valence-corrected chi connectivity index (χ1v) is 9.13. The van der Waals surface area contributed by atoms with E-state index in [1.54, 1.807) is 22.3 Å². The summed E-state index contributed by atoms with van der Waals surface area (Å²) in [5.41, 5.74) is 3.02. The van der Waals surface area contributed by atoms with Crippen LogP contribution in [-0.4, -0.2) is 62.1 Å². The molecule has 3 rings (SSSR count). The van der Waals surface area contributed by atoms with E-state index in [1.807, 2.05) is 17.3 Å². The van der Waals surface area contributed by atoms with Gasteiger partial charge in [0.25, 0.3) is 0 Å². The summed E-state index contributed by atoms with van der Waals surface area (Å²) >= 11 is 1.71. The van der Waals surface area contributed by atoms with Gasteiger partial charge in [0, 0.05) is 31.1 Å². The third-order valence-electron chi connectivity index (χ3n) is 4.62. The van der Waals surface area contributed by atoms with E-state index in [1.165, 1.54) is 11.2 Å². The minimum atomic E-state index is -0.288. The summed E-state index contributed by atoms with van der Waals surface area (Å²) in [5.74, 6) is 0.652. The predicted octanol–water partition coefficient (Wildman–Crippen LogP) is 1.58. The number of thiazole rings is 1. The maximum absolute atomic E-state index is 12.6. The monoisotopic (exact) mass is 348 g/mol. The fraction of sp³-hybridized carbons (Fsp3) is 0.625. The Morgan fingerprint density at radius 1 is 1.54 bits per heavy atom. The van der Waals surface area contributed by atoms with Gasteiger partial charge in [0.15, 0.2) is 0 Å². The van der Waals surface area contributed by atoms with Crippen LogP contribution in [0.1, 0.15) is 30.0 Å². The first-order valence-electron chi connectivity index (χ1n) is 8.25. The number of hydrogen-bond acceptors (Lipinski definition) is 6. The van der Waals surface area contributed by atoms with Gasteiger partial charge < -0.3 is 9.80 Å². The molecule has 1 aliphatic heterocycles. The van der Waals surface area contributed by atoms with Crippen LogP contribution in [0.15, 0.2) is 18.2 Å². The van der Waals surface area contributed by atoms with Gasteiger partial charge in [-0.15, -0.1) is 11.3 Å². The van der Waals surface area contributed by atoms with Gasteiger partial charge in [0.05, 0.1) is 11.2 Å². The van der Waals surface area contributed by atoms with Crippen molar-refractivity contribution in [3.05, 3.63) is 28.7 Å². The van der Waals surface area contributed by atoms with Gasteiger partial charge in [-0.2, -0.15) is 5.10 Å². The number of carbonyl (C=O) groups excluding carboxylic acids is 1. The topological polar surface area (TPSA) is 67.2 Å². The van der Waals surface area contributed by atoms with Gasteiger partial charge >= 0.3 is 0 Å². The van der Waals surface area contributed by atoms with E-state index >= 15 is 0 Å². The Bertz CT molecular complexity index is 670. The maximum Gasteiger partial charge on any atom is 0.247 e. The number of aromatic nitrogens is 4. The zero-order valence-corrected chi connectivity index (χ0v) is 15.2. The van der Waals surface area contributed by atoms with Crippen molar-refractivity contribution in [1.82, 2.24) is 29.5 Å². The summed E-state index contributed by atoms with van der Waals surface area (Å²) in [6.45, 7) is 7.51. The molecule has 0 aromatic carbocycles. The van der Waals surface area contributed by atoms with Crippen molar-refractivity contribution in [2.75, 3.05) is 26.7 Å². The number of rotatable bonds is 6. The molecular weight excluding hydrogens is 324 g/mol. The molecule has 0 saturated carbocycles. The second-order valence-corrected chi connectivity index (χ2v) is 7.49. The van der Waals surface area contributed by atoms with E-state index in [0.29, 0.717) is 5.92 Å². The van der Waals surface area contributed by atoms with Gasteiger partial charge in [0.2, 0.25) is 5.91 Å². The van der Waals surface area contributed by atoms with Gasteiger partial charge in [0.1, 0.15) is 18.7 Å². The molecule has 24 heavy (non-hydrogen) atoms. The smallest absolute Gasteiger partial charge is 0.247 e. The molecule has 1 aliphatic rings. The molecule has 0 unspecified atom stereocenters. The molecule has 2 aromatic heterocycles. The molecule has 7 nitrogen and oxygen atoms in total. The third-order valence-corrected chi connectivity index (χ3v) is 5.54. The van der Waals surface area contributed by atoms with Crippen molar-refractivity contribution in [2.24, 2.45) is 5.92 Å². The zero-order chi connectivity index (χ0) is 17.1. The number of likely N-dealkylation sites (tertiary alicyclic amines) is 1. The molecule has 2 atom stereocenters. The van der Waals surface area contributed by atoms with E-state index in [4.69, 9.17) is 0 Å². The standard InChI is InChI=1S/C16H24N6OS/c1-12-15(24-11-18-12)8-20(3)6-14-4-5-21(7-14)16(23)13(2)22-10-17-9-19-22/h9-11,13-14H,4-8H2,1-3H3/t13-,14+/m1/s1. The lowest BCUT2D eigenvalue weighted by molar-refractivity contribution is -0.133. The van der Waals surface area contributed by atoms with Crippen LogP contribution in [0.2, 0.25) is 0 Å². The van der Waals surface area contributed by atoms with E-state index in [0.717, 1.165) is 38.3 Å². The van der Waals surface area contributed by atoms with Gasteiger partial charge in [-0.25, -0.2) is 14.6 Å². The molecular formula is C16H24N6OS. The molecule has 0 radical (unpaired) electrons. The van der Waals surface area contributed by atoms with Crippen molar-refractivity contribution >= 4 is 17.2 Å². The molecule has 3 heterocycles. The van der Waals surface area contributed by atoms with Crippen LogP contribution in [0, 0.1) is 12.8 Å². The van der Waals surface area contributed by atoms with Crippen LogP contribution in [0.3, 0.4) is 0 Å². The zero-order valence-electron chi connectivity index (χ0n) is 14.4. The highest BCUT2D eigenvalue weighted by Crippen LogP contribution is 2.22. The molecule has 8 heteroatoms. The second kappa shape index (κ2) is 7.40. The maximum atomic E-state index is 12.6. The van der Waals surface area contributed by atoms with Crippen molar-refractivity contribution in [3.8, 4) is 0 Å². The average Bonchev–Trinajstić information content (AvgIpc) is 3.29. The summed E-state index contributed by atoms with van der Waals surface area (Å²) < 4.78 is 1.62. The Balaban J connectivity index is 1.50. The fourth-order valence-electron chi connectivity index (χ4n) is 3.21. The molecule has 0 N–H and O–H groups in total. The van der Waals surface area contributed by atoms with E-state index in [9.17, 15) is 4.79 Å². The molecule has 0 spiro atoms. The number of amides is 1. The number of aryl methyl sites for hydroxylation is 1. The van der Waals surface area contributed by atoms with Gasteiger partial charge in [-0.1, -0.05) is 0 Å². The molecule has 0 bridgehead atoms. The molecule has 1 amide bonds. The Hall–Kier alpha value is -1.80. The summed E-state index contributed by atoms with van der Waals surface area (Å²) in [6, 6.07) is -0.288. The van der Waals surface area contributed by atoms with Crippen LogP contribution in [-0.2, 0) is 11.3 Å². The SMILES string of the molecule is Cc1ncsc1CN(C)C[C@@H]1CCN(C(=O)[C@@H](C)n2cncn2)C1. The van der Waals surface area contributed by atoms with E-state index in [-0.39, 0.29) is 11.9 Å². The van der Waals surface area contributed by atoms with Gasteiger partial charge in [-0.05, 0) is 33.2 Å². The quantitative estimate of drug-likeness (QED) is 0.793. The minimum absolute atomic E-state index is 0.129. The summed E-state index contributed by atoms with van der Waals surface area (Å²) in [4.78, 5) is 26.4. The lowest BCUT2D eigenvalue weighted by atomic mass is 10.1. The Morgan fingerprint density at radius 2 is 2.38 bits per heavy atom. The highest BCUT2D eigenvalue weighted by Gasteiger charge is 2.30. The van der Waals surface area contributed by atoms with Crippen molar-refractivity contribution < 1.29 is 4.79 Å². The Morgan fingerprint density at radius 3 is 3.04 bits per heavy atom. The number of carbonyl (C=O) groups is 1. The molecule has 1 saturated heterocycles. The van der Waals surface area contributed by atoms with Crippen molar-refractivity contribution in [2.45, 2.75) is 32.9 Å². The lowest BCUT2D eigenvalue weighted by Gasteiger charge is -2.23. The fourth-order valence-corrected chi connectivity index (χ4v) is 4.06. The Kier molecular flexibility index (Phi) is 5.25. The van der Waals surface area contributed by atoms with E-state index in [2.05, 4.69) is 33.9 Å². The average molecular weight is 348 g/mol. The van der Waals surface area contributed by atoms with Crippen LogP contribution in [0.25, 0.3) is 0 Å². The van der Waals surface area contributed by atoms with Gasteiger partial charge in [-0.3, -0.25) is 4.79 Å².